The Morgan fingerprint density at radius 2 is 1.90 bits per heavy atom. The molecule has 0 aromatic heterocycles. The Bertz CT molecular complexity index is 609. The van der Waals surface area contributed by atoms with Crippen LogP contribution in [0.4, 0.5) is 16.2 Å². The summed E-state index contributed by atoms with van der Waals surface area (Å²) in [6, 6.07) is 4.77. The molecule has 0 fully saturated rings. The van der Waals surface area contributed by atoms with E-state index in [1.54, 1.807) is 13.0 Å². The summed E-state index contributed by atoms with van der Waals surface area (Å²) in [4.78, 5) is 23.0. The van der Waals surface area contributed by atoms with Crippen molar-refractivity contribution in [1.29, 1.82) is 5.26 Å². The molecule has 0 spiro atoms. The first-order valence-electron chi connectivity index (χ1n) is 6.18. The Morgan fingerprint density at radius 1 is 1.29 bits per heavy atom. The minimum atomic E-state index is -0.660. The van der Waals surface area contributed by atoms with Gasteiger partial charge in [0.05, 0.1) is 24.1 Å². The summed E-state index contributed by atoms with van der Waals surface area (Å²) in [6.45, 7) is 1.95. The van der Waals surface area contributed by atoms with E-state index in [9.17, 15) is 9.59 Å². The SMILES string of the molecule is CCOC(=O)Nc1cc2c(cc1NC(=O)CC#N)OCO2. The van der Waals surface area contributed by atoms with E-state index in [0.717, 1.165) is 0 Å². The van der Waals surface area contributed by atoms with Gasteiger partial charge in [-0.15, -0.1) is 0 Å². The van der Waals surface area contributed by atoms with Crippen molar-refractivity contribution in [3.63, 3.8) is 0 Å². The van der Waals surface area contributed by atoms with Crippen LogP contribution in [0, 0.1) is 11.3 Å². The number of benzene rings is 1. The van der Waals surface area contributed by atoms with E-state index in [-0.39, 0.29) is 19.8 Å². The molecular formula is C13H13N3O5. The highest BCUT2D eigenvalue weighted by atomic mass is 16.7. The summed E-state index contributed by atoms with van der Waals surface area (Å²) in [5, 5.41) is 13.5. The molecule has 2 N–H and O–H groups in total. The molecule has 8 heteroatoms. The quantitative estimate of drug-likeness (QED) is 0.875. The number of nitriles is 1. The smallest absolute Gasteiger partial charge is 0.411 e. The molecule has 0 bridgehead atoms. The third kappa shape index (κ3) is 3.54. The number of ether oxygens (including phenoxy) is 3. The van der Waals surface area contributed by atoms with Crippen molar-refractivity contribution in [2.45, 2.75) is 13.3 Å². The van der Waals surface area contributed by atoms with Gasteiger partial charge in [0.25, 0.3) is 0 Å². The normalized spacial score (nSPS) is 11.4. The molecule has 1 aliphatic heterocycles. The van der Waals surface area contributed by atoms with Crippen LogP contribution in [0.3, 0.4) is 0 Å². The first kappa shape index (κ1) is 14.5. The number of carbonyl (C=O) groups is 2. The Balaban J connectivity index is 2.25. The van der Waals surface area contributed by atoms with Gasteiger partial charge in [-0.1, -0.05) is 0 Å². The molecule has 0 aliphatic carbocycles. The van der Waals surface area contributed by atoms with Crippen molar-refractivity contribution in [1.82, 2.24) is 0 Å². The standard InChI is InChI=1S/C13H13N3O5/c1-2-19-13(18)16-9-6-11-10(20-7-21-11)5-8(9)15-12(17)3-4-14/h5-6H,2-3,7H2,1H3,(H,15,17)(H,16,18). The van der Waals surface area contributed by atoms with Crippen molar-refractivity contribution < 1.29 is 23.8 Å². The second-order valence-corrected chi connectivity index (χ2v) is 3.98. The van der Waals surface area contributed by atoms with Gasteiger partial charge in [0.2, 0.25) is 12.7 Å². The second-order valence-electron chi connectivity index (χ2n) is 3.98. The summed E-state index contributed by atoms with van der Waals surface area (Å²) in [5.74, 6) is 0.389. The Labute approximate surface area is 120 Å². The third-order valence-electron chi connectivity index (χ3n) is 2.54. The molecule has 0 saturated carbocycles. The molecule has 2 rings (SSSR count). The number of nitrogens with one attached hydrogen (secondary N) is 2. The van der Waals surface area contributed by atoms with Gasteiger partial charge < -0.3 is 19.5 Å². The highest BCUT2D eigenvalue weighted by Crippen LogP contribution is 2.39. The summed E-state index contributed by atoms with van der Waals surface area (Å²) in [5.41, 5.74) is 0.594. The molecule has 0 unspecified atom stereocenters. The summed E-state index contributed by atoms with van der Waals surface area (Å²) < 4.78 is 15.2. The molecule has 2 amide bonds. The number of nitrogens with zero attached hydrogens (tertiary/aromatic N) is 1. The molecular weight excluding hydrogens is 278 g/mol. The predicted octanol–water partition coefficient (Wildman–Crippen LogP) is 1.84. The maximum Gasteiger partial charge on any atom is 0.411 e. The lowest BCUT2D eigenvalue weighted by Crippen LogP contribution is -2.17. The maximum atomic E-state index is 11.5. The molecule has 0 saturated heterocycles. The lowest BCUT2D eigenvalue weighted by Gasteiger charge is -2.12. The number of amides is 2. The predicted molar refractivity (Wildman–Crippen MR) is 72.1 cm³/mol. The number of anilines is 2. The number of rotatable bonds is 4. The highest BCUT2D eigenvalue weighted by Gasteiger charge is 2.19. The van der Waals surface area contributed by atoms with Gasteiger partial charge in [0, 0.05) is 12.1 Å². The summed E-state index contributed by atoms with van der Waals surface area (Å²) >= 11 is 0. The molecule has 8 nitrogen and oxygen atoms in total. The van der Waals surface area contributed by atoms with Crippen molar-refractivity contribution >= 4 is 23.4 Å². The van der Waals surface area contributed by atoms with Crippen LogP contribution >= 0.6 is 0 Å². The van der Waals surface area contributed by atoms with Crippen LogP contribution in [0.15, 0.2) is 12.1 Å². The van der Waals surface area contributed by atoms with Crippen LogP contribution < -0.4 is 20.1 Å². The lowest BCUT2D eigenvalue weighted by atomic mass is 10.2. The minimum absolute atomic E-state index is 0.0593. The van der Waals surface area contributed by atoms with E-state index in [1.165, 1.54) is 12.1 Å². The fraction of sp³-hybridized carbons (Fsp3) is 0.308. The highest BCUT2D eigenvalue weighted by molar-refractivity contribution is 5.99. The van der Waals surface area contributed by atoms with Crippen LogP contribution in [0.1, 0.15) is 13.3 Å². The molecule has 21 heavy (non-hydrogen) atoms. The van der Waals surface area contributed by atoms with Crippen LogP contribution in [-0.2, 0) is 9.53 Å². The largest absolute Gasteiger partial charge is 0.454 e. The summed E-state index contributed by atoms with van der Waals surface area (Å²) in [7, 11) is 0. The molecule has 1 aromatic carbocycles. The Kier molecular flexibility index (Phi) is 4.46. The van der Waals surface area contributed by atoms with Crippen LogP contribution in [0.25, 0.3) is 0 Å². The third-order valence-corrected chi connectivity index (χ3v) is 2.54. The maximum absolute atomic E-state index is 11.5. The molecule has 1 heterocycles. The van der Waals surface area contributed by atoms with Gasteiger partial charge >= 0.3 is 6.09 Å². The monoisotopic (exact) mass is 291 g/mol. The van der Waals surface area contributed by atoms with Gasteiger partial charge in [0.1, 0.15) is 6.42 Å². The van der Waals surface area contributed by atoms with Crippen molar-refractivity contribution in [3.8, 4) is 17.6 Å². The van der Waals surface area contributed by atoms with Gasteiger partial charge in [-0.25, -0.2) is 4.79 Å². The fourth-order valence-corrected chi connectivity index (χ4v) is 1.69. The first-order valence-corrected chi connectivity index (χ1v) is 6.18. The van der Waals surface area contributed by atoms with E-state index >= 15 is 0 Å². The Hall–Kier alpha value is -2.95. The van der Waals surface area contributed by atoms with Crippen LogP contribution in [-0.4, -0.2) is 25.4 Å². The van der Waals surface area contributed by atoms with E-state index in [0.29, 0.717) is 22.9 Å². The van der Waals surface area contributed by atoms with Crippen molar-refractivity contribution in [2.24, 2.45) is 0 Å². The van der Waals surface area contributed by atoms with E-state index in [1.807, 2.05) is 0 Å². The topological polar surface area (TPSA) is 110 Å². The molecule has 110 valence electrons. The van der Waals surface area contributed by atoms with E-state index < -0.39 is 12.0 Å². The number of carbonyl (C=O) groups excluding carboxylic acids is 2. The van der Waals surface area contributed by atoms with Crippen molar-refractivity contribution in [3.05, 3.63) is 12.1 Å². The second kappa shape index (κ2) is 6.47. The zero-order chi connectivity index (χ0) is 15.2. The average Bonchev–Trinajstić information content (AvgIpc) is 2.86. The molecule has 0 atom stereocenters. The minimum Gasteiger partial charge on any atom is -0.454 e. The van der Waals surface area contributed by atoms with Gasteiger partial charge in [0.15, 0.2) is 11.5 Å². The van der Waals surface area contributed by atoms with Crippen molar-refractivity contribution in [2.75, 3.05) is 24.0 Å². The van der Waals surface area contributed by atoms with Gasteiger partial charge in [-0.05, 0) is 6.92 Å². The average molecular weight is 291 g/mol. The molecule has 0 radical (unpaired) electrons. The molecule has 1 aromatic rings. The van der Waals surface area contributed by atoms with Gasteiger partial charge in [-0.2, -0.15) is 5.26 Å². The van der Waals surface area contributed by atoms with Crippen LogP contribution in [0.2, 0.25) is 0 Å². The number of fused-ring (bicyclic) bond motifs is 1. The van der Waals surface area contributed by atoms with Crippen LogP contribution in [0.5, 0.6) is 11.5 Å². The number of hydrogen-bond donors (Lipinski definition) is 2. The molecule has 1 aliphatic rings. The zero-order valence-electron chi connectivity index (χ0n) is 11.3. The fourth-order valence-electron chi connectivity index (χ4n) is 1.69. The lowest BCUT2D eigenvalue weighted by molar-refractivity contribution is -0.115. The first-order chi connectivity index (χ1) is 10.1. The zero-order valence-corrected chi connectivity index (χ0v) is 11.3. The van der Waals surface area contributed by atoms with Gasteiger partial charge in [-0.3, -0.25) is 10.1 Å². The van der Waals surface area contributed by atoms with E-state index in [2.05, 4.69) is 10.6 Å². The Morgan fingerprint density at radius 3 is 2.48 bits per heavy atom. The summed E-state index contributed by atoms with van der Waals surface area (Å²) in [6.07, 6.45) is -0.958. The number of hydrogen-bond acceptors (Lipinski definition) is 6. The van der Waals surface area contributed by atoms with E-state index in [4.69, 9.17) is 19.5 Å².